The summed E-state index contributed by atoms with van der Waals surface area (Å²) in [6.45, 7) is 0.121. The first-order valence-corrected chi connectivity index (χ1v) is 4.91. The standard InChI is InChI=1S/C9H9IO2/c10-7-4-2-1-3-6(7)9-8(5-11)12-9/h1-4,8-9,11H,5H2/t8-,9+/m0/s1. The van der Waals surface area contributed by atoms with Gasteiger partial charge in [0.2, 0.25) is 0 Å². The van der Waals surface area contributed by atoms with E-state index in [1.807, 2.05) is 24.3 Å². The molecule has 1 aromatic carbocycles. The fourth-order valence-electron chi connectivity index (χ4n) is 1.26. The second-order valence-electron chi connectivity index (χ2n) is 2.80. The molecule has 0 saturated carbocycles. The minimum Gasteiger partial charge on any atom is -0.394 e. The van der Waals surface area contributed by atoms with E-state index in [-0.39, 0.29) is 18.8 Å². The lowest BCUT2D eigenvalue weighted by molar-refractivity contribution is 0.242. The van der Waals surface area contributed by atoms with Gasteiger partial charge in [-0.05, 0) is 34.2 Å². The zero-order valence-corrected chi connectivity index (χ0v) is 8.56. The van der Waals surface area contributed by atoms with Gasteiger partial charge in [0.25, 0.3) is 0 Å². The minimum absolute atomic E-state index is 0.0286. The highest BCUT2D eigenvalue weighted by Gasteiger charge is 2.40. The van der Waals surface area contributed by atoms with Crippen molar-refractivity contribution in [3.8, 4) is 0 Å². The minimum atomic E-state index is 0.0286. The Bertz CT molecular complexity index is 288. The monoisotopic (exact) mass is 276 g/mol. The number of benzene rings is 1. The molecule has 0 bridgehead atoms. The van der Waals surface area contributed by atoms with Crippen LogP contribution in [0.25, 0.3) is 0 Å². The largest absolute Gasteiger partial charge is 0.394 e. The molecule has 1 heterocycles. The van der Waals surface area contributed by atoms with Gasteiger partial charge in [-0.2, -0.15) is 0 Å². The van der Waals surface area contributed by atoms with E-state index < -0.39 is 0 Å². The number of halogens is 1. The lowest BCUT2D eigenvalue weighted by Gasteiger charge is -1.97. The summed E-state index contributed by atoms with van der Waals surface area (Å²) in [6.07, 6.45) is 0.156. The molecule has 64 valence electrons. The first-order chi connectivity index (χ1) is 5.83. The number of rotatable bonds is 2. The Balaban J connectivity index is 2.19. The molecule has 0 aliphatic carbocycles. The van der Waals surface area contributed by atoms with Gasteiger partial charge in [-0.1, -0.05) is 18.2 Å². The van der Waals surface area contributed by atoms with Crippen LogP contribution >= 0.6 is 22.6 Å². The topological polar surface area (TPSA) is 32.8 Å². The van der Waals surface area contributed by atoms with Crippen LogP contribution in [0.4, 0.5) is 0 Å². The van der Waals surface area contributed by atoms with E-state index in [1.165, 1.54) is 9.13 Å². The summed E-state index contributed by atoms with van der Waals surface area (Å²) in [7, 11) is 0. The zero-order valence-electron chi connectivity index (χ0n) is 6.40. The SMILES string of the molecule is OC[C@@H]1O[C@@H]1c1ccccc1I. The number of aliphatic hydroxyl groups excluding tert-OH is 1. The van der Waals surface area contributed by atoms with E-state index in [2.05, 4.69) is 22.6 Å². The molecule has 0 unspecified atom stereocenters. The maximum absolute atomic E-state index is 8.80. The summed E-state index contributed by atoms with van der Waals surface area (Å²) in [4.78, 5) is 0. The van der Waals surface area contributed by atoms with Crippen molar-refractivity contribution in [2.75, 3.05) is 6.61 Å². The Morgan fingerprint density at radius 1 is 1.42 bits per heavy atom. The molecular weight excluding hydrogens is 267 g/mol. The van der Waals surface area contributed by atoms with E-state index in [0.717, 1.165) is 0 Å². The van der Waals surface area contributed by atoms with Gasteiger partial charge in [-0.15, -0.1) is 0 Å². The lowest BCUT2D eigenvalue weighted by atomic mass is 10.1. The van der Waals surface area contributed by atoms with E-state index >= 15 is 0 Å². The molecule has 3 heteroatoms. The van der Waals surface area contributed by atoms with Crippen molar-refractivity contribution in [2.24, 2.45) is 0 Å². The molecule has 1 fully saturated rings. The van der Waals surface area contributed by atoms with Crippen LogP contribution < -0.4 is 0 Å². The Labute approximate surface area is 84.7 Å². The fraction of sp³-hybridized carbons (Fsp3) is 0.333. The van der Waals surface area contributed by atoms with Gasteiger partial charge in [-0.25, -0.2) is 0 Å². The van der Waals surface area contributed by atoms with Crippen molar-refractivity contribution in [2.45, 2.75) is 12.2 Å². The summed E-state index contributed by atoms with van der Waals surface area (Å²) in [6, 6.07) is 8.09. The number of hydrogen-bond donors (Lipinski definition) is 1. The molecule has 1 aliphatic rings. The van der Waals surface area contributed by atoms with Crippen molar-refractivity contribution in [3.63, 3.8) is 0 Å². The molecule has 1 N–H and O–H groups in total. The van der Waals surface area contributed by atoms with Crippen molar-refractivity contribution in [1.82, 2.24) is 0 Å². The number of hydrogen-bond acceptors (Lipinski definition) is 2. The highest BCUT2D eigenvalue weighted by atomic mass is 127. The van der Waals surface area contributed by atoms with Crippen LogP contribution in [0.5, 0.6) is 0 Å². The highest BCUT2D eigenvalue weighted by Crippen LogP contribution is 2.39. The zero-order chi connectivity index (χ0) is 8.55. The summed E-state index contributed by atoms with van der Waals surface area (Å²) in [5.41, 5.74) is 1.19. The number of ether oxygens (including phenoxy) is 1. The molecule has 0 spiro atoms. The number of epoxide rings is 1. The summed E-state index contributed by atoms with van der Waals surface area (Å²) in [5.74, 6) is 0. The first-order valence-electron chi connectivity index (χ1n) is 3.83. The van der Waals surface area contributed by atoms with Gasteiger partial charge >= 0.3 is 0 Å². The molecule has 0 aromatic heterocycles. The molecule has 2 atom stereocenters. The van der Waals surface area contributed by atoms with E-state index in [1.54, 1.807) is 0 Å². The van der Waals surface area contributed by atoms with Gasteiger partial charge in [0.05, 0.1) is 6.61 Å². The van der Waals surface area contributed by atoms with Gasteiger partial charge in [0.15, 0.2) is 0 Å². The second kappa shape index (κ2) is 3.32. The Morgan fingerprint density at radius 2 is 2.17 bits per heavy atom. The summed E-state index contributed by atoms with van der Waals surface area (Å²) < 4.78 is 6.48. The summed E-state index contributed by atoms with van der Waals surface area (Å²) >= 11 is 2.28. The van der Waals surface area contributed by atoms with Crippen LogP contribution in [0.15, 0.2) is 24.3 Å². The van der Waals surface area contributed by atoms with Crippen LogP contribution in [0, 0.1) is 3.57 Å². The van der Waals surface area contributed by atoms with Gasteiger partial charge in [-0.3, -0.25) is 0 Å². The maximum Gasteiger partial charge on any atom is 0.113 e. The predicted molar refractivity (Wildman–Crippen MR) is 53.9 cm³/mol. The average molecular weight is 276 g/mol. The molecule has 0 amide bonds. The molecule has 1 aliphatic heterocycles. The third-order valence-electron chi connectivity index (χ3n) is 1.97. The van der Waals surface area contributed by atoms with E-state index in [4.69, 9.17) is 9.84 Å². The fourth-order valence-corrected chi connectivity index (χ4v) is 1.96. The molecule has 12 heavy (non-hydrogen) atoms. The lowest BCUT2D eigenvalue weighted by Crippen LogP contribution is -1.95. The Morgan fingerprint density at radius 3 is 2.75 bits per heavy atom. The Kier molecular flexibility index (Phi) is 2.34. The first kappa shape index (κ1) is 8.47. The Hall–Kier alpha value is -0.130. The number of aliphatic hydroxyl groups is 1. The molecular formula is C9H9IO2. The molecule has 0 radical (unpaired) electrons. The quantitative estimate of drug-likeness (QED) is 0.659. The molecule has 1 saturated heterocycles. The smallest absolute Gasteiger partial charge is 0.113 e. The van der Waals surface area contributed by atoms with Crippen LogP contribution in [0.1, 0.15) is 11.7 Å². The molecule has 1 aromatic rings. The molecule has 2 nitrogen and oxygen atoms in total. The van der Waals surface area contributed by atoms with Crippen molar-refractivity contribution >= 4 is 22.6 Å². The predicted octanol–water partition coefficient (Wildman–Crippen LogP) is 1.72. The van der Waals surface area contributed by atoms with Gasteiger partial charge in [0, 0.05) is 3.57 Å². The van der Waals surface area contributed by atoms with Crippen molar-refractivity contribution < 1.29 is 9.84 Å². The van der Waals surface area contributed by atoms with Crippen LogP contribution in [0.3, 0.4) is 0 Å². The maximum atomic E-state index is 8.80. The third-order valence-corrected chi connectivity index (χ3v) is 2.96. The van der Waals surface area contributed by atoms with Crippen molar-refractivity contribution in [1.29, 1.82) is 0 Å². The third kappa shape index (κ3) is 1.48. The van der Waals surface area contributed by atoms with Gasteiger partial charge in [0.1, 0.15) is 12.2 Å². The normalized spacial score (nSPS) is 27.2. The van der Waals surface area contributed by atoms with Crippen LogP contribution in [-0.2, 0) is 4.74 Å². The van der Waals surface area contributed by atoms with Crippen LogP contribution in [-0.4, -0.2) is 17.8 Å². The average Bonchev–Trinajstić information content (AvgIpc) is 2.84. The molecule has 2 rings (SSSR count). The van der Waals surface area contributed by atoms with E-state index in [0.29, 0.717) is 0 Å². The highest BCUT2D eigenvalue weighted by molar-refractivity contribution is 14.1. The van der Waals surface area contributed by atoms with Crippen molar-refractivity contribution in [3.05, 3.63) is 33.4 Å². The van der Waals surface area contributed by atoms with Gasteiger partial charge < -0.3 is 9.84 Å². The van der Waals surface area contributed by atoms with Crippen LogP contribution in [0.2, 0.25) is 0 Å². The summed E-state index contributed by atoms with van der Waals surface area (Å²) in [5, 5.41) is 8.80. The van der Waals surface area contributed by atoms with E-state index in [9.17, 15) is 0 Å². The second-order valence-corrected chi connectivity index (χ2v) is 3.96.